The molecular weight excluding hydrogens is 374 g/mol. The van der Waals surface area contributed by atoms with E-state index in [4.69, 9.17) is 4.74 Å². The molecule has 8 nitrogen and oxygen atoms in total. The summed E-state index contributed by atoms with van der Waals surface area (Å²) in [5, 5.41) is 13.4. The molecule has 0 unspecified atom stereocenters. The van der Waals surface area contributed by atoms with Gasteiger partial charge in [-0.2, -0.15) is 0 Å². The van der Waals surface area contributed by atoms with E-state index in [2.05, 4.69) is 5.32 Å². The molecule has 0 aliphatic carbocycles. The Morgan fingerprint density at radius 2 is 1.76 bits per heavy atom. The molecule has 1 aliphatic heterocycles. The van der Waals surface area contributed by atoms with Gasteiger partial charge in [-0.25, -0.2) is 0 Å². The van der Waals surface area contributed by atoms with Gasteiger partial charge in [-0.05, 0) is 31.0 Å². The monoisotopic (exact) mass is 395 g/mol. The molecule has 1 heterocycles. The van der Waals surface area contributed by atoms with E-state index in [0.29, 0.717) is 30.0 Å². The fourth-order valence-electron chi connectivity index (χ4n) is 3.17. The third kappa shape index (κ3) is 4.60. The zero-order valence-electron chi connectivity index (χ0n) is 16.0. The number of para-hydroxylation sites is 1. The van der Waals surface area contributed by atoms with E-state index < -0.39 is 10.8 Å². The SMILES string of the molecule is COc1ccccc1C(=CNC(=O)c1ccc([N+](=O)[O-])cc1)C(=O)N1CCCC1. The number of nitrogens with zero attached hydrogens (tertiary/aromatic N) is 2. The van der Waals surface area contributed by atoms with E-state index >= 15 is 0 Å². The minimum atomic E-state index is -0.532. The predicted molar refractivity (Wildman–Crippen MR) is 107 cm³/mol. The molecule has 150 valence electrons. The van der Waals surface area contributed by atoms with E-state index in [1.165, 1.54) is 37.6 Å². The minimum absolute atomic E-state index is 0.101. The molecule has 2 aromatic rings. The van der Waals surface area contributed by atoms with E-state index in [0.717, 1.165) is 12.8 Å². The quantitative estimate of drug-likeness (QED) is 0.460. The lowest BCUT2D eigenvalue weighted by atomic mass is 10.0. The molecule has 2 amide bonds. The van der Waals surface area contributed by atoms with Crippen molar-refractivity contribution in [3.8, 4) is 5.75 Å². The molecule has 29 heavy (non-hydrogen) atoms. The van der Waals surface area contributed by atoms with Gasteiger partial charge in [0.25, 0.3) is 17.5 Å². The Kier molecular flexibility index (Phi) is 6.23. The zero-order valence-corrected chi connectivity index (χ0v) is 16.0. The summed E-state index contributed by atoms with van der Waals surface area (Å²) >= 11 is 0. The first kappa shape index (κ1) is 20.1. The molecule has 2 aromatic carbocycles. The third-order valence-corrected chi connectivity index (χ3v) is 4.71. The van der Waals surface area contributed by atoms with Crippen molar-refractivity contribution in [2.45, 2.75) is 12.8 Å². The molecule has 0 aromatic heterocycles. The number of carbonyl (C=O) groups excluding carboxylic acids is 2. The van der Waals surface area contributed by atoms with Gasteiger partial charge in [0.05, 0.1) is 17.6 Å². The molecule has 0 atom stereocenters. The number of nitrogens with one attached hydrogen (secondary N) is 1. The summed E-state index contributed by atoms with van der Waals surface area (Å²) < 4.78 is 5.38. The summed E-state index contributed by atoms with van der Waals surface area (Å²) in [4.78, 5) is 37.5. The van der Waals surface area contributed by atoms with Crippen LogP contribution in [0.5, 0.6) is 5.75 Å². The second kappa shape index (κ2) is 9.01. The summed E-state index contributed by atoms with van der Waals surface area (Å²) in [7, 11) is 1.52. The van der Waals surface area contributed by atoms with Crippen molar-refractivity contribution in [2.75, 3.05) is 20.2 Å². The fourth-order valence-corrected chi connectivity index (χ4v) is 3.17. The van der Waals surface area contributed by atoms with Crippen molar-refractivity contribution >= 4 is 23.1 Å². The first-order valence-corrected chi connectivity index (χ1v) is 9.19. The highest BCUT2D eigenvalue weighted by Gasteiger charge is 2.24. The number of nitro benzene ring substituents is 1. The number of methoxy groups -OCH3 is 1. The van der Waals surface area contributed by atoms with Gasteiger partial charge in [0.15, 0.2) is 0 Å². The van der Waals surface area contributed by atoms with Crippen molar-refractivity contribution in [3.05, 3.63) is 76.0 Å². The van der Waals surface area contributed by atoms with Crippen LogP contribution in [0, 0.1) is 10.1 Å². The molecule has 0 bridgehead atoms. The Balaban J connectivity index is 1.88. The Morgan fingerprint density at radius 3 is 2.38 bits per heavy atom. The zero-order chi connectivity index (χ0) is 20.8. The number of likely N-dealkylation sites (tertiary alicyclic amines) is 1. The van der Waals surface area contributed by atoms with Crippen LogP contribution < -0.4 is 10.1 Å². The van der Waals surface area contributed by atoms with Gasteiger partial charge < -0.3 is 15.0 Å². The van der Waals surface area contributed by atoms with Gasteiger partial charge in [-0.15, -0.1) is 0 Å². The van der Waals surface area contributed by atoms with Crippen LogP contribution in [0.3, 0.4) is 0 Å². The molecule has 1 fully saturated rings. The van der Waals surface area contributed by atoms with Gasteiger partial charge in [0, 0.05) is 42.5 Å². The molecule has 3 rings (SSSR count). The Morgan fingerprint density at radius 1 is 1.10 bits per heavy atom. The summed E-state index contributed by atoms with van der Waals surface area (Å²) in [6.45, 7) is 1.34. The predicted octanol–water partition coefficient (Wildman–Crippen LogP) is 3.00. The highest BCUT2D eigenvalue weighted by Crippen LogP contribution is 2.28. The normalized spacial score (nSPS) is 13.8. The maximum atomic E-state index is 13.1. The van der Waals surface area contributed by atoms with Gasteiger partial charge in [-0.3, -0.25) is 19.7 Å². The van der Waals surface area contributed by atoms with Gasteiger partial charge in [0.1, 0.15) is 5.75 Å². The smallest absolute Gasteiger partial charge is 0.269 e. The second-order valence-corrected chi connectivity index (χ2v) is 6.54. The number of nitro groups is 1. The number of ether oxygens (including phenoxy) is 1. The third-order valence-electron chi connectivity index (χ3n) is 4.71. The van der Waals surface area contributed by atoms with Crippen molar-refractivity contribution < 1.29 is 19.2 Å². The van der Waals surface area contributed by atoms with Crippen LogP contribution in [0.15, 0.2) is 54.7 Å². The number of benzene rings is 2. The average molecular weight is 395 g/mol. The van der Waals surface area contributed by atoms with Gasteiger partial charge >= 0.3 is 0 Å². The van der Waals surface area contributed by atoms with Crippen molar-refractivity contribution in [1.82, 2.24) is 10.2 Å². The molecule has 0 spiro atoms. The summed E-state index contributed by atoms with van der Waals surface area (Å²) in [6.07, 6.45) is 3.27. The first-order valence-electron chi connectivity index (χ1n) is 9.19. The molecule has 0 radical (unpaired) electrons. The van der Waals surface area contributed by atoms with Crippen LogP contribution in [0.4, 0.5) is 5.69 Å². The van der Waals surface area contributed by atoms with Crippen molar-refractivity contribution in [2.24, 2.45) is 0 Å². The van der Waals surface area contributed by atoms with Crippen LogP contribution >= 0.6 is 0 Å². The summed E-state index contributed by atoms with van der Waals surface area (Å²) in [6, 6.07) is 12.4. The molecule has 1 aliphatic rings. The Bertz CT molecular complexity index is 947. The Hall–Kier alpha value is -3.68. The maximum absolute atomic E-state index is 13.1. The van der Waals surface area contributed by atoms with Gasteiger partial charge in [-0.1, -0.05) is 18.2 Å². The summed E-state index contributed by atoms with van der Waals surface area (Å²) in [5.74, 6) is -0.131. The largest absolute Gasteiger partial charge is 0.496 e. The standard InChI is InChI=1S/C21H21N3O5/c1-29-19-7-3-2-6-17(19)18(21(26)23-12-4-5-13-23)14-22-20(25)15-8-10-16(11-9-15)24(27)28/h2-3,6-11,14H,4-5,12-13H2,1H3,(H,22,25). The maximum Gasteiger partial charge on any atom is 0.269 e. The number of hydrogen-bond acceptors (Lipinski definition) is 5. The lowest BCUT2D eigenvalue weighted by Crippen LogP contribution is -2.30. The van der Waals surface area contributed by atoms with Crippen LogP contribution in [0.1, 0.15) is 28.8 Å². The number of carbonyl (C=O) groups is 2. The van der Waals surface area contributed by atoms with E-state index in [-0.39, 0.29) is 17.2 Å². The molecular formula is C21H21N3O5. The Labute approximate surface area is 167 Å². The van der Waals surface area contributed by atoms with Crippen molar-refractivity contribution in [1.29, 1.82) is 0 Å². The fraction of sp³-hybridized carbons (Fsp3) is 0.238. The number of non-ortho nitro benzene ring substituents is 1. The lowest BCUT2D eigenvalue weighted by molar-refractivity contribution is -0.384. The van der Waals surface area contributed by atoms with E-state index in [9.17, 15) is 19.7 Å². The number of hydrogen-bond donors (Lipinski definition) is 1. The molecule has 1 saturated heterocycles. The topological polar surface area (TPSA) is 102 Å². The van der Waals surface area contributed by atoms with Crippen LogP contribution in [0.25, 0.3) is 5.57 Å². The lowest BCUT2D eigenvalue weighted by Gasteiger charge is -2.19. The highest BCUT2D eigenvalue weighted by atomic mass is 16.6. The first-order chi connectivity index (χ1) is 14.0. The molecule has 0 saturated carbocycles. The van der Waals surface area contributed by atoms with Crippen LogP contribution in [-0.4, -0.2) is 41.8 Å². The van der Waals surface area contributed by atoms with Crippen LogP contribution in [0.2, 0.25) is 0 Å². The van der Waals surface area contributed by atoms with Gasteiger partial charge in [0.2, 0.25) is 0 Å². The van der Waals surface area contributed by atoms with E-state index in [1.54, 1.807) is 29.2 Å². The molecule has 8 heteroatoms. The number of amides is 2. The minimum Gasteiger partial charge on any atom is -0.496 e. The van der Waals surface area contributed by atoms with E-state index in [1.807, 2.05) is 0 Å². The molecule has 1 N–H and O–H groups in total. The second-order valence-electron chi connectivity index (χ2n) is 6.54. The highest BCUT2D eigenvalue weighted by molar-refractivity contribution is 6.20. The van der Waals surface area contributed by atoms with Crippen molar-refractivity contribution in [3.63, 3.8) is 0 Å². The summed E-state index contributed by atoms with van der Waals surface area (Å²) in [5.41, 5.74) is 1.05. The average Bonchev–Trinajstić information content (AvgIpc) is 3.29. The number of rotatable bonds is 6. The van der Waals surface area contributed by atoms with Crippen LogP contribution in [-0.2, 0) is 4.79 Å².